The fourth-order valence-corrected chi connectivity index (χ4v) is 3.19. The Morgan fingerprint density at radius 1 is 1.22 bits per heavy atom. The van der Waals surface area contributed by atoms with Gasteiger partial charge in [-0.3, -0.25) is 0 Å². The molecule has 0 N–H and O–H groups in total. The summed E-state index contributed by atoms with van der Waals surface area (Å²) in [5.41, 5.74) is 5.60. The van der Waals surface area contributed by atoms with Gasteiger partial charge in [0.25, 0.3) is 0 Å². The van der Waals surface area contributed by atoms with Crippen LogP contribution >= 0.6 is 0 Å². The van der Waals surface area contributed by atoms with Gasteiger partial charge in [-0.15, -0.1) is 0 Å². The quantitative estimate of drug-likeness (QED) is 0.865. The van der Waals surface area contributed by atoms with Crippen molar-refractivity contribution in [2.24, 2.45) is 5.16 Å². The van der Waals surface area contributed by atoms with Crippen LogP contribution in [-0.4, -0.2) is 19.4 Å². The summed E-state index contributed by atoms with van der Waals surface area (Å²) in [6, 6.07) is 12.5. The van der Waals surface area contributed by atoms with E-state index in [2.05, 4.69) is 42.4 Å². The molecule has 0 saturated heterocycles. The molecule has 0 amide bonds. The van der Waals surface area contributed by atoms with E-state index in [0.717, 1.165) is 35.6 Å². The predicted molar refractivity (Wildman–Crippen MR) is 88.4 cm³/mol. The molecule has 4 heteroatoms. The number of methoxy groups -OCH3 is 1. The lowest BCUT2D eigenvalue weighted by Gasteiger charge is -2.10. The summed E-state index contributed by atoms with van der Waals surface area (Å²) in [7, 11) is 1.67. The second-order valence-electron chi connectivity index (χ2n) is 6.02. The largest absolute Gasteiger partial charge is 0.493 e. The fraction of sp³-hybridized carbons (Fsp3) is 0.316. The molecule has 0 radical (unpaired) electrons. The second kappa shape index (κ2) is 5.61. The van der Waals surface area contributed by atoms with Gasteiger partial charge < -0.3 is 14.3 Å². The second-order valence-corrected chi connectivity index (χ2v) is 6.02. The smallest absolute Gasteiger partial charge is 0.164 e. The van der Waals surface area contributed by atoms with Crippen molar-refractivity contribution >= 4 is 5.71 Å². The number of aryl methyl sites for hydroxylation is 1. The molecule has 2 aromatic rings. The molecule has 118 valence electrons. The van der Waals surface area contributed by atoms with E-state index in [1.54, 1.807) is 7.11 Å². The van der Waals surface area contributed by atoms with E-state index in [1.165, 1.54) is 16.7 Å². The maximum Gasteiger partial charge on any atom is 0.164 e. The summed E-state index contributed by atoms with van der Waals surface area (Å²) < 4.78 is 11.1. The average Bonchev–Trinajstić information content (AvgIpc) is 3.23. The summed E-state index contributed by atoms with van der Waals surface area (Å²) in [4.78, 5) is 5.67. The van der Waals surface area contributed by atoms with E-state index in [9.17, 15) is 0 Å². The Morgan fingerprint density at radius 3 is 2.96 bits per heavy atom. The van der Waals surface area contributed by atoms with Gasteiger partial charge in [0.2, 0.25) is 0 Å². The van der Waals surface area contributed by atoms with E-state index in [0.29, 0.717) is 6.61 Å². The normalized spacial score (nSPS) is 18.9. The SMILES string of the molecule is COc1cc(C2=NOC(c3cccc(C)c3)C2)cc2c1OCC2. The van der Waals surface area contributed by atoms with E-state index in [1.807, 2.05) is 6.07 Å². The summed E-state index contributed by atoms with van der Waals surface area (Å²) in [6.45, 7) is 2.80. The number of hydrogen-bond donors (Lipinski definition) is 0. The molecule has 2 aliphatic heterocycles. The molecule has 0 spiro atoms. The lowest BCUT2D eigenvalue weighted by Crippen LogP contribution is -2.03. The van der Waals surface area contributed by atoms with E-state index < -0.39 is 0 Å². The molecule has 2 heterocycles. The zero-order valence-electron chi connectivity index (χ0n) is 13.3. The predicted octanol–water partition coefficient (Wildman–Crippen LogP) is 3.80. The fourth-order valence-electron chi connectivity index (χ4n) is 3.19. The van der Waals surface area contributed by atoms with Crippen molar-refractivity contribution in [3.63, 3.8) is 0 Å². The third-order valence-electron chi connectivity index (χ3n) is 4.39. The molecule has 4 rings (SSSR count). The number of rotatable bonds is 3. The van der Waals surface area contributed by atoms with Crippen LogP contribution in [-0.2, 0) is 11.3 Å². The first-order valence-electron chi connectivity index (χ1n) is 7.88. The molecule has 2 aromatic carbocycles. The molecule has 4 nitrogen and oxygen atoms in total. The first-order chi connectivity index (χ1) is 11.2. The molecule has 2 aliphatic rings. The van der Waals surface area contributed by atoms with E-state index in [4.69, 9.17) is 14.3 Å². The van der Waals surface area contributed by atoms with Crippen LogP contribution in [0.1, 0.15) is 34.8 Å². The van der Waals surface area contributed by atoms with Crippen LogP contribution in [0.2, 0.25) is 0 Å². The lowest BCUT2D eigenvalue weighted by molar-refractivity contribution is 0.0857. The van der Waals surface area contributed by atoms with E-state index in [-0.39, 0.29) is 6.10 Å². The van der Waals surface area contributed by atoms with Crippen LogP contribution in [0.5, 0.6) is 11.5 Å². The minimum atomic E-state index is -0.0135. The summed E-state index contributed by atoms with van der Waals surface area (Å²) >= 11 is 0. The lowest BCUT2D eigenvalue weighted by atomic mass is 9.97. The van der Waals surface area contributed by atoms with Gasteiger partial charge in [-0.25, -0.2) is 0 Å². The van der Waals surface area contributed by atoms with Gasteiger partial charge in [-0.05, 0) is 24.6 Å². The van der Waals surface area contributed by atoms with Crippen molar-refractivity contribution < 1.29 is 14.3 Å². The number of oxime groups is 1. The van der Waals surface area contributed by atoms with Gasteiger partial charge in [0.1, 0.15) is 0 Å². The van der Waals surface area contributed by atoms with Crippen LogP contribution in [0.15, 0.2) is 41.6 Å². The molecule has 23 heavy (non-hydrogen) atoms. The van der Waals surface area contributed by atoms with Crippen molar-refractivity contribution in [3.05, 3.63) is 58.7 Å². The van der Waals surface area contributed by atoms with Gasteiger partial charge in [0.15, 0.2) is 17.6 Å². The zero-order chi connectivity index (χ0) is 15.8. The molecule has 1 unspecified atom stereocenters. The highest BCUT2D eigenvalue weighted by atomic mass is 16.6. The molecule has 0 bridgehead atoms. The summed E-state index contributed by atoms with van der Waals surface area (Å²) in [5.74, 6) is 1.64. The van der Waals surface area contributed by atoms with Crippen LogP contribution in [0, 0.1) is 6.92 Å². The Morgan fingerprint density at radius 2 is 2.13 bits per heavy atom. The number of ether oxygens (including phenoxy) is 2. The third kappa shape index (κ3) is 2.54. The van der Waals surface area contributed by atoms with Gasteiger partial charge in [-0.2, -0.15) is 0 Å². The van der Waals surface area contributed by atoms with Crippen molar-refractivity contribution in [3.8, 4) is 11.5 Å². The average molecular weight is 309 g/mol. The molecule has 0 aliphatic carbocycles. The summed E-state index contributed by atoms with van der Waals surface area (Å²) in [6.07, 6.45) is 1.67. The maximum absolute atomic E-state index is 5.67. The highest BCUT2D eigenvalue weighted by Gasteiger charge is 2.26. The molecular formula is C19H19NO3. The van der Waals surface area contributed by atoms with Crippen LogP contribution in [0.25, 0.3) is 0 Å². The van der Waals surface area contributed by atoms with Crippen molar-refractivity contribution in [1.82, 2.24) is 0 Å². The maximum atomic E-state index is 5.67. The minimum Gasteiger partial charge on any atom is -0.493 e. The number of fused-ring (bicyclic) bond motifs is 1. The third-order valence-corrected chi connectivity index (χ3v) is 4.39. The summed E-state index contributed by atoms with van der Waals surface area (Å²) in [5, 5.41) is 4.31. The molecule has 0 aromatic heterocycles. The molecule has 0 fully saturated rings. The minimum absolute atomic E-state index is 0.0135. The standard InChI is InChI=1S/C19H19NO3/c1-12-4-3-5-13(8-12)17-11-16(20-23-17)15-9-14-6-7-22-19(14)18(10-15)21-2/h3-5,8-10,17H,6-7,11H2,1-2H3. The van der Waals surface area contributed by atoms with Crippen molar-refractivity contribution in [2.75, 3.05) is 13.7 Å². The van der Waals surface area contributed by atoms with Gasteiger partial charge >= 0.3 is 0 Å². The van der Waals surface area contributed by atoms with Gasteiger partial charge in [-0.1, -0.05) is 35.0 Å². The first-order valence-corrected chi connectivity index (χ1v) is 7.88. The number of benzene rings is 2. The topological polar surface area (TPSA) is 40.0 Å². The van der Waals surface area contributed by atoms with Crippen LogP contribution in [0.4, 0.5) is 0 Å². The Balaban J connectivity index is 1.61. The van der Waals surface area contributed by atoms with E-state index >= 15 is 0 Å². The Labute approximate surface area is 135 Å². The Kier molecular flexibility index (Phi) is 3.45. The monoisotopic (exact) mass is 309 g/mol. The van der Waals surface area contributed by atoms with Crippen molar-refractivity contribution in [1.29, 1.82) is 0 Å². The van der Waals surface area contributed by atoms with Gasteiger partial charge in [0.05, 0.1) is 19.4 Å². The van der Waals surface area contributed by atoms with Crippen molar-refractivity contribution in [2.45, 2.75) is 25.9 Å². The molecule has 0 saturated carbocycles. The molecule has 1 atom stereocenters. The molecular weight excluding hydrogens is 290 g/mol. The zero-order valence-corrected chi connectivity index (χ0v) is 13.3. The Bertz CT molecular complexity index is 782. The highest BCUT2D eigenvalue weighted by molar-refractivity contribution is 6.02. The first kappa shape index (κ1) is 14.1. The van der Waals surface area contributed by atoms with Crippen LogP contribution in [0.3, 0.4) is 0 Å². The van der Waals surface area contributed by atoms with Gasteiger partial charge in [0, 0.05) is 24.0 Å². The van der Waals surface area contributed by atoms with Crippen LogP contribution < -0.4 is 9.47 Å². The number of hydrogen-bond acceptors (Lipinski definition) is 4. The Hall–Kier alpha value is -2.49. The number of nitrogens with zero attached hydrogens (tertiary/aromatic N) is 1. The highest BCUT2D eigenvalue weighted by Crippen LogP contribution is 2.38.